The average molecular weight is 1200 g/mol. The van der Waals surface area contributed by atoms with Crippen molar-refractivity contribution in [2.45, 2.75) is 195 Å². The van der Waals surface area contributed by atoms with Gasteiger partial charge in [-0.3, -0.25) is 19.2 Å². The lowest BCUT2D eigenvalue weighted by molar-refractivity contribution is -0.307. The molecule has 3 aliphatic rings. The molecule has 22 heteroatoms. The van der Waals surface area contributed by atoms with E-state index in [4.69, 9.17) is 24.7 Å². The number of carbonyl (C=O) groups is 4. The zero-order valence-electron chi connectivity index (χ0n) is 49.9. The molecule has 4 rings (SSSR count). The number of anilines is 1. The molecule has 2 saturated heterocycles. The molecule has 14 unspecified atom stereocenters. The number of hydrogen-bond acceptors (Lipinski definition) is 21. The van der Waals surface area contributed by atoms with Crippen LogP contribution in [0.15, 0.2) is 109 Å². The van der Waals surface area contributed by atoms with Gasteiger partial charge in [0.25, 0.3) is 0 Å². The molecular weight excluding hydrogens is 1100 g/mol. The Hall–Kier alpha value is -5.12. The lowest BCUT2D eigenvalue weighted by atomic mass is 9.82. The van der Waals surface area contributed by atoms with Gasteiger partial charge in [-0.05, 0) is 83.3 Å². The Morgan fingerprint density at radius 2 is 1.31 bits per heavy atom. The van der Waals surface area contributed by atoms with Crippen molar-refractivity contribution in [2.75, 3.05) is 39.5 Å². The van der Waals surface area contributed by atoms with Gasteiger partial charge < -0.3 is 91.3 Å². The number of allylic oxidation sites excluding steroid dienone is 12. The van der Waals surface area contributed by atoms with Gasteiger partial charge >= 0.3 is 5.97 Å². The Labute approximate surface area is 500 Å². The van der Waals surface area contributed by atoms with Gasteiger partial charge in [0, 0.05) is 75.8 Å². The Kier molecular flexibility index (Phi) is 31.4. The van der Waals surface area contributed by atoms with Crippen LogP contribution in [0.1, 0.15) is 108 Å². The molecule has 1 aromatic carbocycles. The Morgan fingerprint density at radius 1 is 0.741 bits per heavy atom. The molecule has 3 heterocycles. The summed E-state index contributed by atoms with van der Waals surface area (Å²) in [6.45, 7) is 5.94. The third-order valence-electron chi connectivity index (χ3n) is 15.2. The van der Waals surface area contributed by atoms with E-state index in [9.17, 15) is 70.2 Å². The fourth-order valence-corrected chi connectivity index (χ4v) is 10.6. The first-order valence-electron chi connectivity index (χ1n) is 29.5. The molecule has 2 fully saturated rings. The van der Waals surface area contributed by atoms with Gasteiger partial charge in [0.05, 0.1) is 85.5 Å². The normalized spacial score (nSPS) is 36.5. The number of ether oxygens (including phenoxy) is 4. The molecule has 1 aromatic rings. The summed E-state index contributed by atoms with van der Waals surface area (Å²) < 4.78 is 24.3. The largest absolute Gasteiger partial charge is 0.461 e. The first-order chi connectivity index (χ1) is 40.3. The van der Waals surface area contributed by atoms with Crippen LogP contribution in [0.5, 0.6) is 0 Å². The number of likely N-dealkylation sites (N-methyl/N-ethyl adjacent to an activating group) is 1. The van der Waals surface area contributed by atoms with Crippen LogP contribution in [0.25, 0.3) is 0 Å². The first-order valence-corrected chi connectivity index (χ1v) is 29.5. The van der Waals surface area contributed by atoms with Crippen molar-refractivity contribution < 1.29 is 89.2 Å². The highest BCUT2D eigenvalue weighted by atomic mass is 16.7. The van der Waals surface area contributed by atoms with Gasteiger partial charge in [-0.1, -0.05) is 98.9 Å². The smallest absolute Gasteiger partial charge is 0.308 e. The summed E-state index contributed by atoms with van der Waals surface area (Å²) in [4.78, 5) is 55.0. The highest BCUT2D eigenvalue weighted by molar-refractivity contribution is 5.96. The maximum atomic E-state index is 13.8. The molecule has 2 bridgehead atoms. The Balaban J connectivity index is 1.58. The summed E-state index contributed by atoms with van der Waals surface area (Å²) in [6, 6.07) is 5.78. The van der Waals surface area contributed by atoms with Gasteiger partial charge in [0.15, 0.2) is 17.9 Å². The minimum Gasteiger partial charge on any atom is -0.461 e. The standard InChI is InChI=1S/C63H96N4O18/c1-39-19-17-15-13-11-9-7-8-10-12-14-16-18-20-51(83-62-59(79)57(64)58(78)41(3)82-62)36-54-56(61(80)66-27-28-67(5)6)53(76)38-63(81,85-54)37-50(74)33-48(72)31-46(70)29-45(69)30-47(71)32-49(73)35-55(77)84-60(39)40(2)21-26-44(68)34-52(75)42-22-24-43(65-4)25-23-42/h7-20,22-25,39-41,44-46,48-51,53-54,56-60,62,65,68-70,72-74,76,78-79,81H,21,26-38,64H2,1-6H3,(H,66,80)/b8-7+,11-9+,12-10+,15-13+,16-14+,19-17+,20-18+/t39?,40?,41-,44?,45?,46?,48?,49?,50?,51?,53?,54?,56?,57+,58-,59+,60?,62+,63?/m1/s1. The van der Waals surface area contributed by atoms with Crippen molar-refractivity contribution >= 4 is 29.1 Å². The molecule has 1 amide bonds. The van der Waals surface area contributed by atoms with Crippen molar-refractivity contribution in [1.82, 2.24) is 10.2 Å². The van der Waals surface area contributed by atoms with Gasteiger partial charge in [0.2, 0.25) is 5.91 Å². The van der Waals surface area contributed by atoms with Gasteiger partial charge in [0.1, 0.15) is 18.0 Å². The number of carbonyl (C=O) groups excluding carboxylic acids is 4. The number of nitrogens with two attached hydrogens (primary N) is 1. The molecule has 14 N–H and O–H groups in total. The average Bonchev–Trinajstić information content (AvgIpc) is 1.84. The quantitative estimate of drug-likeness (QED) is 0.0939. The number of fused-ring (bicyclic) bond motifs is 2. The minimum atomic E-state index is -2.28. The lowest BCUT2D eigenvalue weighted by Gasteiger charge is -2.46. The van der Waals surface area contributed by atoms with E-state index in [-0.39, 0.29) is 56.3 Å². The number of aliphatic hydroxyl groups is 10. The molecule has 0 radical (unpaired) electrons. The molecule has 476 valence electrons. The number of hydrogen-bond donors (Lipinski definition) is 13. The number of amides is 1. The zero-order valence-corrected chi connectivity index (χ0v) is 49.9. The molecule has 0 aliphatic carbocycles. The fraction of sp³-hybridized carbons (Fsp3) is 0.619. The second-order valence-corrected chi connectivity index (χ2v) is 23.2. The highest BCUT2D eigenvalue weighted by Crippen LogP contribution is 2.38. The van der Waals surface area contributed by atoms with E-state index in [0.717, 1.165) is 5.69 Å². The third-order valence-corrected chi connectivity index (χ3v) is 15.2. The minimum absolute atomic E-state index is 0.102. The molecule has 0 saturated carbocycles. The third kappa shape index (κ3) is 26.0. The molecule has 85 heavy (non-hydrogen) atoms. The van der Waals surface area contributed by atoms with Crippen molar-refractivity contribution in [3.05, 3.63) is 115 Å². The van der Waals surface area contributed by atoms with Crippen LogP contribution in [0, 0.1) is 17.8 Å². The van der Waals surface area contributed by atoms with Crippen LogP contribution in [0.2, 0.25) is 0 Å². The van der Waals surface area contributed by atoms with Gasteiger partial charge in [-0.25, -0.2) is 0 Å². The maximum absolute atomic E-state index is 13.8. The molecule has 0 aromatic heterocycles. The Bertz CT molecular complexity index is 2410. The molecule has 19 atom stereocenters. The number of rotatable bonds is 14. The first kappa shape index (κ1) is 72.4. The van der Waals surface area contributed by atoms with Gasteiger partial charge in [-0.2, -0.15) is 0 Å². The van der Waals surface area contributed by atoms with Crippen molar-refractivity contribution in [2.24, 2.45) is 23.5 Å². The van der Waals surface area contributed by atoms with Crippen LogP contribution in [-0.2, 0) is 33.3 Å². The number of nitrogens with zero attached hydrogens (tertiary/aromatic N) is 1. The van der Waals surface area contributed by atoms with E-state index in [1.54, 1.807) is 117 Å². The molecule has 0 spiro atoms. The number of benzene rings is 1. The van der Waals surface area contributed by atoms with E-state index < -0.39 is 160 Å². The van der Waals surface area contributed by atoms with Crippen LogP contribution in [0.3, 0.4) is 0 Å². The van der Waals surface area contributed by atoms with Crippen LogP contribution < -0.4 is 16.4 Å². The van der Waals surface area contributed by atoms with E-state index in [2.05, 4.69) is 10.6 Å². The number of nitrogens with one attached hydrogen (secondary N) is 2. The Morgan fingerprint density at radius 3 is 1.91 bits per heavy atom. The SMILES string of the molecule is CNc1ccc(C(=O)CC(O)CCC(C)C2OC(=O)CC(O)CC(=O)CC(O)CC(O)CC(O)CC(O)CC3(O)CC(O)C(C(=O)NCCN(C)C)C(CC(O[C@@H]4O[C@H](C)[C@@H](O)[C@H](N)[C@@H]4O)/C=C/C=C/C=C/C=C/C=C/C=C/C=C/C2C)O3)cc1. The van der Waals surface area contributed by atoms with Crippen molar-refractivity contribution in [3.63, 3.8) is 0 Å². The topological polar surface area (TPSA) is 361 Å². The van der Waals surface area contributed by atoms with Gasteiger partial charge in [-0.15, -0.1) is 0 Å². The highest BCUT2D eigenvalue weighted by Gasteiger charge is 2.51. The van der Waals surface area contributed by atoms with E-state index in [0.29, 0.717) is 18.5 Å². The summed E-state index contributed by atoms with van der Waals surface area (Å²) >= 11 is 0. The number of ketones is 2. The number of aliphatic hydroxyl groups excluding tert-OH is 9. The summed E-state index contributed by atoms with van der Waals surface area (Å²) in [5.41, 5.74) is 7.44. The van der Waals surface area contributed by atoms with Crippen molar-refractivity contribution in [1.29, 1.82) is 0 Å². The monoisotopic (exact) mass is 1200 g/mol. The van der Waals surface area contributed by atoms with E-state index >= 15 is 0 Å². The van der Waals surface area contributed by atoms with E-state index in [1.165, 1.54) is 0 Å². The summed E-state index contributed by atoms with van der Waals surface area (Å²) in [5, 5.41) is 117. The molecule has 3 aliphatic heterocycles. The predicted octanol–water partition coefficient (Wildman–Crippen LogP) is 2.34. The lowest BCUT2D eigenvalue weighted by Crippen LogP contribution is -2.62. The van der Waals surface area contributed by atoms with Crippen LogP contribution in [-0.4, -0.2) is 211 Å². The molecule has 22 nitrogen and oxygen atoms in total. The summed E-state index contributed by atoms with van der Waals surface area (Å²) in [7, 11) is 5.40. The zero-order chi connectivity index (χ0) is 62.8. The molecular formula is C63H96N4O18. The fourth-order valence-electron chi connectivity index (χ4n) is 10.6. The second kappa shape index (κ2) is 36.9. The number of esters is 1. The number of Topliss-reactive ketones (excluding diaryl/α,β-unsaturated/α-hetero) is 2. The summed E-state index contributed by atoms with van der Waals surface area (Å²) in [5.74, 6) is -6.46. The number of cyclic esters (lactones) is 1. The van der Waals surface area contributed by atoms with Crippen LogP contribution >= 0.6 is 0 Å². The van der Waals surface area contributed by atoms with Crippen molar-refractivity contribution in [3.8, 4) is 0 Å². The van der Waals surface area contributed by atoms with E-state index in [1.807, 2.05) is 38.9 Å². The predicted molar refractivity (Wildman–Crippen MR) is 319 cm³/mol. The maximum Gasteiger partial charge on any atom is 0.308 e. The summed E-state index contributed by atoms with van der Waals surface area (Å²) in [6.07, 6.45) is 3.33. The van der Waals surface area contributed by atoms with Crippen LogP contribution in [0.4, 0.5) is 5.69 Å². The second-order valence-electron chi connectivity index (χ2n) is 23.2.